The lowest BCUT2D eigenvalue weighted by atomic mass is 10.1. The largest absolute Gasteiger partial charge is 0.301 e. The van der Waals surface area contributed by atoms with Crippen molar-refractivity contribution < 1.29 is 4.79 Å². The minimum atomic E-state index is -0.0286. The Hall–Kier alpha value is -0.490. The van der Waals surface area contributed by atoms with E-state index >= 15 is 0 Å². The van der Waals surface area contributed by atoms with Crippen molar-refractivity contribution >= 4 is 38.3 Å². The van der Waals surface area contributed by atoms with Crippen molar-refractivity contribution in [2.24, 2.45) is 5.92 Å². The lowest BCUT2D eigenvalue weighted by molar-refractivity contribution is -0.115. The molecular formula is C9H14BrN3OS. The van der Waals surface area contributed by atoms with Crippen molar-refractivity contribution in [2.45, 2.75) is 26.7 Å². The van der Waals surface area contributed by atoms with Crippen molar-refractivity contribution in [1.82, 2.24) is 10.2 Å². The number of hydrogen-bond acceptors (Lipinski definition) is 4. The van der Waals surface area contributed by atoms with E-state index in [1.54, 1.807) is 0 Å². The quantitative estimate of drug-likeness (QED) is 0.848. The summed E-state index contributed by atoms with van der Waals surface area (Å²) >= 11 is 4.65. The van der Waals surface area contributed by atoms with E-state index in [0.29, 0.717) is 22.8 Å². The maximum Gasteiger partial charge on any atom is 0.227 e. The summed E-state index contributed by atoms with van der Waals surface area (Å²) in [5.41, 5.74) is 0. The second-order valence-corrected chi connectivity index (χ2v) is 5.44. The molecule has 0 aromatic carbocycles. The van der Waals surface area contributed by atoms with E-state index in [9.17, 15) is 4.79 Å². The first-order valence-electron chi connectivity index (χ1n) is 4.80. The van der Waals surface area contributed by atoms with Crippen LogP contribution in [0.5, 0.6) is 0 Å². The first-order chi connectivity index (χ1) is 7.11. The number of carbonyl (C=O) groups is 1. The average Bonchev–Trinajstić information content (AvgIpc) is 2.51. The van der Waals surface area contributed by atoms with Gasteiger partial charge >= 0.3 is 0 Å². The molecule has 1 N–H and O–H groups in total. The molecule has 1 aromatic rings. The zero-order chi connectivity index (χ0) is 11.3. The number of rotatable bonds is 5. The van der Waals surface area contributed by atoms with E-state index in [0.717, 1.165) is 11.4 Å². The third-order valence-electron chi connectivity index (χ3n) is 1.62. The molecule has 1 heterocycles. The van der Waals surface area contributed by atoms with Crippen molar-refractivity contribution in [3.63, 3.8) is 0 Å². The Balaban J connectivity index is 2.49. The molecule has 15 heavy (non-hydrogen) atoms. The fourth-order valence-corrected chi connectivity index (χ4v) is 2.33. The minimum absolute atomic E-state index is 0.0286. The van der Waals surface area contributed by atoms with Gasteiger partial charge in [-0.05, 0) is 5.92 Å². The molecule has 0 saturated carbocycles. The van der Waals surface area contributed by atoms with Crippen molar-refractivity contribution in [3.8, 4) is 0 Å². The van der Waals surface area contributed by atoms with Gasteiger partial charge < -0.3 is 5.32 Å². The van der Waals surface area contributed by atoms with Gasteiger partial charge in [0, 0.05) is 18.2 Å². The average molecular weight is 292 g/mol. The van der Waals surface area contributed by atoms with Gasteiger partial charge in [0.15, 0.2) is 0 Å². The molecule has 0 fully saturated rings. The van der Waals surface area contributed by atoms with Crippen LogP contribution in [0.1, 0.15) is 25.3 Å². The van der Waals surface area contributed by atoms with E-state index in [1.807, 2.05) is 0 Å². The van der Waals surface area contributed by atoms with Gasteiger partial charge in [-0.15, -0.1) is 10.2 Å². The first-order valence-corrected chi connectivity index (χ1v) is 6.73. The molecule has 0 spiro atoms. The molecule has 1 aromatic heterocycles. The molecule has 6 heteroatoms. The zero-order valence-corrected chi connectivity index (χ0v) is 11.2. The summed E-state index contributed by atoms with van der Waals surface area (Å²) in [4.78, 5) is 11.2. The standard InChI is InChI=1S/C9H14BrN3OS/c1-6(2)5-8-12-13-9(15-8)11-7(14)3-4-10/h6H,3-5H2,1-2H3,(H,11,13,14). The van der Waals surface area contributed by atoms with Gasteiger partial charge in [-0.2, -0.15) is 0 Å². The second kappa shape index (κ2) is 6.17. The van der Waals surface area contributed by atoms with Crippen LogP contribution in [0.4, 0.5) is 5.13 Å². The van der Waals surface area contributed by atoms with Crippen molar-refractivity contribution in [1.29, 1.82) is 0 Å². The molecule has 1 amide bonds. The van der Waals surface area contributed by atoms with Gasteiger partial charge in [0.1, 0.15) is 5.01 Å². The number of carbonyl (C=O) groups excluding carboxylic acids is 1. The highest BCUT2D eigenvalue weighted by Gasteiger charge is 2.08. The van der Waals surface area contributed by atoms with Gasteiger partial charge in [-0.25, -0.2) is 0 Å². The van der Waals surface area contributed by atoms with Crippen LogP contribution < -0.4 is 5.32 Å². The summed E-state index contributed by atoms with van der Waals surface area (Å²) in [6, 6.07) is 0. The first kappa shape index (κ1) is 12.6. The normalized spacial score (nSPS) is 10.7. The Morgan fingerprint density at radius 2 is 2.27 bits per heavy atom. The highest BCUT2D eigenvalue weighted by atomic mass is 79.9. The molecule has 4 nitrogen and oxygen atoms in total. The van der Waals surface area contributed by atoms with Crippen molar-refractivity contribution in [3.05, 3.63) is 5.01 Å². The molecule has 84 valence electrons. The minimum Gasteiger partial charge on any atom is -0.301 e. The third-order valence-corrected chi connectivity index (χ3v) is 2.88. The summed E-state index contributed by atoms with van der Waals surface area (Å²) in [7, 11) is 0. The molecule has 0 bridgehead atoms. The SMILES string of the molecule is CC(C)Cc1nnc(NC(=O)CCBr)s1. The van der Waals surface area contributed by atoms with Crippen molar-refractivity contribution in [2.75, 3.05) is 10.6 Å². The predicted octanol–water partition coefficient (Wildman–Crippen LogP) is 2.46. The highest BCUT2D eigenvalue weighted by molar-refractivity contribution is 9.09. The number of halogens is 1. The monoisotopic (exact) mass is 291 g/mol. The number of nitrogens with zero attached hydrogens (tertiary/aromatic N) is 2. The lowest BCUT2D eigenvalue weighted by Gasteiger charge is -1.98. The number of amides is 1. The molecule has 0 aliphatic carbocycles. The van der Waals surface area contributed by atoms with Crippen LogP contribution in [0.25, 0.3) is 0 Å². The van der Waals surface area contributed by atoms with E-state index in [4.69, 9.17) is 0 Å². The summed E-state index contributed by atoms with van der Waals surface area (Å²) in [6.45, 7) is 4.26. The summed E-state index contributed by atoms with van der Waals surface area (Å²) in [6.07, 6.45) is 1.37. The smallest absolute Gasteiger partial charge is 0.227 e. The maximum atomic E-state index is 11.2. The molecule has 0 unspecified atom stereocenters. The summed E-state index contributed by atoms with van der Waals surface area (Å²) < 4.78 is 0. The number of alkyl halides is 1. The number of aromatic nitrogens is 2. The van der Waals surface area contributed by atoms with E-state index in [-0.39, 0.29) is 5.91 Å². The Labute approximate surface area is 102 Å². The predicted molar refractivity (Wildman–Crippen MR) is 65.5 cm³/mol. The lowest BCUT2D eigenvalue weighted by Crippen LogP contribution is -2.11. The second-order valence-electron chi connectivity index (χ2n) is 3.59. The molecule has 0 radical (unpaired) electrons. The van der Waals surface area contributed by atoms with Crippen LogP contribution in [0.2, 0.25) is 0 Å². The molecule has 0 atom stereocenters. The highest BCUT2D eigenvalue weighted by Crippen LogP contribution is 2.18. The fraction of sp³-hybridized carbons (Fsp3) is 0.667. The van der Waals surface area contributed by atoms with Gasteiger partial charge in [-0.1, -0.05) is 41.1 Å². The van der Waals surface area contributed by atoms with Crippen LogP contribution in [-0.4, -0.2) is 21.4 Å². The molecular weight excluding hydrogens is 278 g/mol. The Kier molecular flexibility index (Phi) is 5.17. The third kappa shape index (κ3) is 4.70. The zero-order valence-electron chi connectivity index (χ0n) is 8.79. The van der Waals surface area contributed by atoms with Crippen LogP contribution in [0.3, 0.4) is 0 Å². The summed E-state index contributed by atoms with van der Waals surface area (Å²) in [5, 5.41) is 12.9. The van der Waals surface area contributed by atoms with E-state index in [2.05, 4.69) is 45.3 Å². The van der Waals surface area contributed by atoms with Crippen LogP contribution in [0, 0.1) is 5.92 Å². The van der Waals surface area contributed by atoms with Crippen LogP contribution in [0.15, 0.2) is 0 Å². The summed E-state index contributed by atoms with van der Waals surface area (Å²) in [5.74, 6) is 0.531. The Morgan fingerprint density at radius 1 is 1.53 bits per heavy atom. The molecule has 0 aliphatic rings. The van der Waals surface area contributed by atoms with Gasteiger partial charge in [0.2, 0.25) is 11.0 Å². The Morgan fingerprint density at radius 3 is 2.87 bits per heavy atom. The Bertz CT molecular complexity index is 327. The van der Waals surface area contributed by atoms with Crippen LogP contribution >= 0.6 is 27.3 Å². The molecule has 0 aliphatic heterocycles. The number of anilines is 1. The fourth-order valence-electron chi connectivity index (χ4n) is 1.00. The topological polar surface area (TPSA) is 54.9 Å². The van der Waals surface area contributed by atoms with Gasteiger partial charge in [0.25, 0.3) is 0 Å². The molecule has 0 saturated heterocycles. The van der Waals surface area contributed by atoms with Gasteiger partial charge in [0.05, 0.1) is 0 Å². The molecule has 1 rings (SSSR count). The van der Waals surface area contributed by atoms with E-state index < -0.39 is 0 Å². The maximum absolute atomic E-state index is 11.2. The van der Waals surface area contributed by atoms with Crippen LogP contribution in [-0.2, 0) is 11.2 Å². The number of nitrogens with one attached hydrogen (secondary N) is 1. The van der Waals surface area contributed by atoms with E-state index in [1.165, 1.54) is 11.3 Å². The van der Waals surface area contributed by atoms with Gasteiger partial charge in [-0.3, -0.25) is 4.79 Å². The number of hydrogen-bond donors (Lipinski definition) is 1.